The highest BCUT2D eigenvalue weighted by Crippen LogP contribution is 2.32. The number of hydrogen-bond acceptors (Lipinski definition) is 7. The molecule has 0 aliphatic carbocycles. The van der Waals surface area contributed by atoms with Gasteiger partial charge >= 0.3 is 6.03 Å². The second-order valence-corrected chi connectivity index (χ2v) is 10.0. The molecule has 10 heteroatoms. The van der Waals surface area contributed by atoms with Gasteiger partial charge in [-0.25, -0.2) is 19.2 Å². The summed E-state index contributed by atoms with van der Waals surface area (Å²) in [7, 11) is 0. The highest BCUT2D eigenvalue weighted by Gasteiger charge is 2.19. The van der Waals surface area contributed by atoms with Crippen molar-refractivity contribution in [1.29, 1.82) is 0 Å². The van der Waals surface area contributed by atoms with Crippen LogP contribution in [0.2, 0.25) is 0 Å². The lowest BCUT2D eigenvalue weighted by molar-refractivity contribution is -0.116. The van der Waals surface area contributed by atoms with Gasteiger partial charge in [-0.05, 0) is 73.2 Å². The Kier molecular flexibility index (Phi) is 7.61. The molecule has 2 amide bonds. The number of rotatable bonds is 7. The zero-order valence-corrected chi connectivity index (χ0v) is 22.9. The van der Waals surface area contributed by atoms with Crippen LogP contribution >= 0.6 is 0 Å². The standard InChI is InChI=1S/C32H28FN5O4/c1-20(39)17-22-6-10-25(19-27(22)33)35-32(40)34-24-8-4-21(5-9-24)30-36-28-18-23(29-3-2-14-42-29)7-11-26(28)31(37-30)38-12-15-41-16-13-38/h2-11,14,18-19H,12-13,15-17H2,1H3,(H2,34,35,40). The molecule has 3 heterocycles. The fraction of sp³-hybridized carbons (Fsp3) is 0.188. The highest BCUT2D eigenvalue weighted by atomic mass is 19.1. The van der Waals surface area contributed by atoms with Crippen molar-refractivity contribution >= 4 is 39.9 Å². The first-order valence-electron chi connectivity index (χ1n) is 13.6. The van der Waals surface area contributed by atoms with Crippen LogP contribution in [-0.4, -0.2) is 48.1 Å². The van der Waals surface area contributed by atoms with Gasteiger partial charge in [0.15, 0.2) is 5.82 Å². The van der Waals surface area contributed by atoms with Gasteiger partial charge in [-0.2, -0.15) is 0 Å². The number of anilines is 3. The quantitative estimate of drug-likeness (QED) is 0.238. The minimum absolute atomic E-state index is 0.00463. The average molecular weight is 566 g/mol. The van der Waals surface area contributed by atoms with Gasteiger partial charge in [0.05, 0.1) is 25.0 Å². The maximum absolute atomic E-state index is 14.3. The second-order valence-electron chi connectivity index (χ2n) is 10.0. The first-order valence-corrected chi connectivity index (χ1v) is 13.6. The molecule has 1 aliphatic heterocycles. The van der Waals surface area contributed by atoms with Crippen molar-refractivity contribution in [2.24, 2.45) is 0 Å². The SMILES string of the molecule is CC(=O)Cc1ccc(NC(=O)Nc2ccc(-c3nc(N4CCOCC4)c4ccc(-c5ccco5)cc4n3)cc2)cc1F. The zero-order chi connectivity index (χ0) is 29.1. The number of ether oxygens (including phenoxy) is 1. The molecule has 0 bridgehead atoms. The van der Waals surface area contributed by atoms with Crippen LogP contribution in [0.3, 0.4) is 0 Å². The maximum Gasteiger partial charge on any atom is 0.323 e. The average Bonchev–Trinajstić information content (AvgIpc) is 3.54. The predicted molar refractivity (Wildman–Crippen MR) is 159 cm³/mol. The molecular weight excluding hydrogens is 537 g/mol. The van der Waals surface area contributed by atoms with E-state index >= 15 is 0 Å². The number of ketones is 1. The van der Waals surface area contributed by atoms with E-state index in [1.54, 1.807) is 24.5 Å². The molecule has 0 spiro atoms. The van der Waals surface area contributed by atoms with E-state index < -0.39 is 11.8 Å². The lowest BCUT2D eigenvalue weighted by Gasteiger charge is -2.29. The number of hydrogen-bond donors (Lipinski definition) is 2. The number of fused-ring (bicyclic) bond motifs is 1. The van der Waals surface area contributed by atoms with Crippen molar-refractivity contribution in [2.75, 3.05) is 41.8 Å². The monoisotopic (exact) mass is 565 g/mol. The number of furan rings is 1. The smallest absolute Gasteiger partial charge is 0.323 e. The van der Waals surface area contributed by atoms with Crippen LogP contribution in [0.25, 0.3) is 33.6 Å². The lowest BCUT2D eigenvalue weighted by atomic mass is 10.1. The molecule has 0 saturated carbocycles. The Balaban J connectivity index is 1.23. The number of nitrogens with zero attached hydrogens (tertiary/aromatic N) is 3. The van der Waals surface area contributed by atoms with Crippen molar-refractivity contribution in [3.63, 3.8) is 0 Å². The fourth-order valence-corrected chi connectivity index (χ4v) is 4.89. The molecule has 2 N–H and O–H groups in total. The van der Waals surface area contributed by atoms with Gasteiger partial charge < -0.3 is 24.7 Å². The largest absolute Gasteiger partial charge is 0.464 e. The third kappa shape index (κ3) is 5.98. The van der Waals surface area contributed by atoms with Crippen molar-refractivity contribution in [3.8, 4) is 22.7 Å². The zero-order valence-electron chi connectivity index (χ0n) is 22.9. The number of urea groups is 1. The number of Topliss-reactive ketones (excluding diaryl/α,β-unsaturated/α-hetero) is 1. The minimum atomic E-state index is -0.546. The number of halogens is 1. The van der Waals surface area contributed by atoms with Crippen molar-refractivity contribution in [2.45, 2.75) is 13.3 Å². The number of carbonyl (C=O) groups is 2. The summed E-state index contributed by atoms with van der Waals surface area (Å²) in [4.78, 5) is 35.9. The number of benzene rings is 3. The molecule has 1 saturated heterocycles. The van der Waals surface area contributed by atoms with Crippen molar-refractivity contribution in [3.05, 3.63) is 90.4 Å². The maximum atomic E-state index is 14.3. The fourth-order valence-electron chi connectivity index (χ4n) is 4.89. The van der Waals surface area contributed by atoms with Crippen LogP contribution in [0, 0.1) is 5.82 Å². The Hall–Kier alpha value is -5.09. The molecule has 0 atom stereocenters. The first-order chi connectivity index (χ1) is 20.4. The summed E-state index contributed by atoms with van der Waals surface area (Å²) < 4.78 is 25.4. The molecule has 9 nitrogen and oxygen atoms in total. The molecule has 6 rings (SSSR count). The predicted octanol–water partition coefficient (Wildman–Crippen LogP) is 6.31. The van der Waals surface area contributed by atoms with Crippen LogP contribution in [0.4, 0.5) is 26.4 Å². The Bertz CT molecular complexity index is 1750. The van der Waals surface area contributed by atoms with Crippen LogP contribution in [-0.2, 0) is 16.0 Å². The summed E-state index contributed by atoms with van der Waals surface area (Å²) in [5.74, 6) is 1.47. The summed E-state index contributed by atoms with van der Waals surface area (Å²) in [6.45, 7) is 4.11. The molecule has 3 aromatic carbocycles. The van der Waals surface area contributed by atoms with Gasteiger partial charge in [-0.15, -0.1) is 0 Å². The summed E-state index contributed by atoms with van der Waals surface area (Å²) in [5, 5.41) is 6.31. The van der Waals surface area contributed by atoms with E-state index in [4.69, 9.17) is 19.1 Å². The van der Waals surface area contributed by atoms with E-state index in [-0.39, 0.29) is 23.5 Å². The van der Waals surface area contributed by atoms with Gasteiger partial charge in [0.25, 0.3) is 0 Å². The van der Waals surface area contributed by atoms with Gasteiger partial charge in [0.1, 0.15) is 23.2 Å². The van der Waals surface area contributed by atoms with E-state index in [0.29, 0.717) is 24.7 Å². The van der Waals surface area contributed by atoms with Crippen molar-refractivity contribution < 1.29 is 23.1 Å². The molecule has 212 valence electrons. The lowest BCUT2D eigenvalue weighted by Crippen LogP contribution is -2.37. The van der Waals surface area contributed by atoms with Gasteiger partial charge in [0.2, 0.25) is 0 Å². The number of morpholine rings is 1. The Morgan fingerprint density at radius 3 is 2.36 bits per heavy atom. The Morgan fingerprint density at radius 1 is 0.905 bits per heavy atom. The topological polar surface area (TPSA) is 110 Å². The second kappa shape index (κ2) is 11.8. The molecule has 1 aliphatic rings. The van der Waals surface area contributed by atoms with E-state index in [1.165, 1.54) is 19.1 Å². The molecule has 2 aromatic heterocycles. The number of carbonyl (C=O) groups excluding carboxylic acids is 2. The third-order valence-corrected chi connectivity index (χ3v) is 6.94. The molecule has 1 fully saturated rings. The number of aromatic nitrogens is 2. The highest BCUT2D eigenvalue weighted by molar-refractivity contribution is 6.00. The van der Waals surface area contributed by atoms with Crippen LogP contribution in [0.15, 0.2) is 83.5 Å². The number of amides is 2. The molecule has 0 unspecified atom stereocenters. The molecular formula is C32H28FN5O4. The van der Waals surface area contributed by atoms with Crippen LogP contribution < -0.4 is 15.5 Å². The van der Waals surface area contributed by atoms with E-state index in [1.807, 2.05) is 42.5 Å². The summed E-state index contributed by atoms with van der Waals surface area (Å²) >= 11 is 0. The minimum Gasteiger partial charge on any atom is -0.464 e. The summed E-state index contributed by atoms with van der Waals surface area (Å²) in [5.41, 5.74) is 3.60. The molecule has 0 radical (unpaired) electrons. The van der Waals surface area contributed by atoms with Gasteiger partial charge in [0, 0.05) is 47.4 Å². The molecule has 5 aromatic rings. The third-order valence-electron chi connectivity index (χ3n) is 6.94. The summed E-state index contributed by atoms with van der Waals surface area (Å²) in [6, 6.07) is 20.7. The van der Waals surface area contributed by atoms with Gasteiger partial charge in [-0.1, -0.05) is 12.1 Å². The Morgan fingerprint density at radius 2 is 1.64 bits per heavy atom. The normalized spacial score (nSPS) is 13.2. The van der Waals surface area contributed by atoms with E-state index in [2.05, 4.69) is 15.5 Å². The van der Waals surface area contributed by atoms with Gasteiger partial charge in [-0.3, -0.25) is 4.79 Å². The molecule has 42 heavy (non-hydrogen) atoms. The number of nitrogens with one attached hydrogen (secondary N) is 2. The Labute approximate surface area is 241 Å². The van der Waals surface area contributed by atoms with Crippen molar-refractivity contribution in [1.82, 2.24) is 9.97 Å². The van der Waals surface area contributed by atoms with E-state index in [0.717, 1.165) is 46.7 Å². The summed E-state index contributed by atoms with van der Waals surface area (Å²) in [6.07, 6.45) is 1.65. The van der Waals surface area contributed by atoms with E-state index in [9.17, 15) is 14.0 Å². The van der Waals surface area contributed by atoms with Crippen LogP contribution in [0.1, 0.15) is 12.5 Å². The first kappa shape index (κ1) is 27.1. The van der Waals surface area contributed by atoms with Crippen LogP contribution in [0.5, 0.6) is 0 Å².